The van der Waals surface area contributed by atoms with Gasteiger partial charge in [0, 0.05) is 17.7 Å². The highest BCUT2D eigenvalue weighted by Crippen LogP contribution is 2.43. The number of Topliss-reactive ketones (excluding diaryl/α,β-unsaturated/α-hetero) is 2. The summed E-state index contributed by atoms with van der Waals surface area (Å²) in [5.41, 5.74) is 2.38. The molecule has 2 atom stereocenters. The first-order valence-electron chi connectivity index (χ1n) is 12.0. The Morgan fingerprint density at radius 3 is 2.08 bits per heavy atom. The lowest BCUT2D eigenvalue weighted by molar-refractivity contribution is -0.384. The number of aryl methyl sites for hydroxylation is 2. The third kappa shape index (κ3) is 4.71. The normalized spacial score (nSPS) is 17.3. The largest absolute Gasteiger partial charge is 0.297 e. The highest BCUT2D eigenvalue weighted by atomic mass is 32.2. The van der Waals surface area contributed by atoms with E-state index in [1.165, 1.54) is 0 Å². The standard InChI is InChI=1S/C28H21N3O7S2/c1-16-3-7-18(8-4-16)24-23(25(32)19-9-5-17(2)6-10-19)26(33)27(34)30(24)28-29-15-22(39-28)40(37,38)21-13-11-20(12-14-21)31(35)36/h3-15,23-24H,1-2H3. The number of non-ortho nitro benzene ring substituents is 1. The fraction of sp³-hybridized carbons (Fsp3) is 0.143. The molecule has 1 fully saturated rings. The number of hydrogen-bond donors (Lipinski definition) is 0. The van der Waals surface area contributed by atoms with Crippen molar-refractivity contribution in [3.8, 4) is 0 Å². The van der Waals surface area contributed by atoms with Gasteiger partial charge in [0.2, 0.25) is 15.6 Å². The van der Waals surface area contributed by atoms with Gasteiger partial charge in [-0.05, 0) is 31.5 Å². The maximum absolute atomic E-state index is 13.6. The quantitative estimate of drug-likeness (QED) is 0.102. The number of carbonyl (C=O) groups is 3. The van der Waals surface area contributed by atoms with Crippen molar-refractivity contribution < 1.29 is 27.7 Å². The molecule has 5 rings (SSSR count). The second kappa shape index (κ2) is 10.2. The Hall–Kier alpha value is -4.55. The number of anilines is 1. The van der Waals surface area contributed by atoms with Crippen molar-refractivity contribution in [3.05, 3.63) is 111 Å². The molecular weight excluding hydrogens is 554 g/mol. The zero-order valence-electron chi connectivity index (χ0n) is 21.2. The van der Waals surface area contributed by atoms with Crippen molar-refractivity contribution in [2.45, 2.75) is 29.0 Å². The van der Waals surface area contributed by atoms with Crippen LogP contribution in [0.2, 0.25) is 0 Å². The fourth-order valence-electron chi connectivity index (χ4n) is 4.49. The summed E-state index contributed by atoms with van der Waals surface area (Å²) in [6.45, 7) is 3.73. The summed E-state index contributed by atoms with van der Waals surface area (Å²) in [7, 11) is -4.14. The molecule has 40 heavy (non-hydrogen) atoms. The fourth-order valence-corrected chi connectivity index (χ4v) is 7.05. The molecule has 0 bridgehead atoms. The summed E-state index contributed by atoms with van der Waals surface area (Å²) in [6.07, 6.45) is 1.07. The number of nitro benzene ring substituents is 1. The number of thiazole rings is 1. The number of hydrogen-bond acceptors (Lipinski definition) is 9. The Kier molecular flexibility index (Phi) is 6.90. The molecule has 2 heterocycles. The minimum absolute atomic E-state index is 0.0661. The number of benzene rings is 3. The van der Waals surface area contributed by atoms with Gasteiger partial charge >= 0.3 is 0 Å². The van der Waals surface area contributed by atoms with Crippen LogP contribution in [0.3, 0.4) is 0 Å². The van der Waals surface area contributed by atoms with Crippen LogP contribution >= 0.6 is 11.3 Å². The van der Waals surface area contributed by atoms with Crippen molar-refractivity contribution >= 4 is 49.5 Å². The van der Waals surface area contributed by atoms with Crippen LogP contribution < -0.4 is 4.90 Å². The number of rotatable bonds is 7. The molecule has 202 valence electrons. The number of nitrogens with zero attached hydrogens (tertiary/aromatic N) is 3. The SMILES string of the molecule is Cc1ccc(C(=O)C2C(=O)C(=O)N(c3ncc(S(=O)(=O)c4ccc([N+](=O)[O-])cc4)s3)C2c2ccc(C)cc2)cc1. The first-order chi connectivity index (χ1) is 19.0. The Labute approximate surface area is 233 Å². The molecular formula is C28H21N3O7S2. The lowest BCUT2D eigenvalue weighted by Gasteiger charge is -2.25. The van der Waals surface area contributed by atoms with E-state index in [2.05, 4.69) is 4.98 Å². The van der Waals surface area contributed by atoms with Gasteiger partial charge in [0.25, 0.3) is 11.6 Å². The molecule has 0 saturated carbocycles. The Balaban J connectivity index is 1.57. The predicted molar refractivity (Wildman–Crippen MR) is 146 cm³/mol. The molecule has 10 nitrogen and oxygen atoms in total. The molecule has 0 aliphatic carbocycles. The summed E-state index contributed by atoms with van der Waals surface area (Å²) in [4.78, 5) is 55.7. The van der Waals surface area contributed by atoms with Gasteiger partial charge in [0.15, 0.2) is 10.9 Å². The van der Waals surface area contributed by atoms with Crippen LogP contribution in [0.4, 0.5) is 10.8 Å². The first kappa shape index (κ1) is 27.0. The molecule has 1 aliphatic rings. The average Bonchev–Trinajstić information content (AvgIpc) is 3.53. The molecule has 1 aromatic heterocycles. The lowest BCUT2D eigenvalue weighted by atomic mass is 9.86. The first-order valence-corrected chi connectivity index (χ1v) is 14.3. The number of carbonyl (C=O) groups excluding carboxylic acids is 3. The Morgan fingerprint density at radius 1 is 0.925 bits per heavy atom. The van der Waals surface area contributed by atoms with Crippen LogP contribution in [0.15, 0.2) is 88.1 Å². The average molecular weight is 576 g/mol. The zero-order chi connectivity index (χ0) is 28.8. The molecule has 4 aromatic rings. The number of ketones is 2. The summed E-state index contributed by atoms with van der Waals surface area (Å²) < 4.78 is 26.2. The predicted octanol–water partition coefficient (Wildman–Crippen LogP) is 4.66. The number of nitro groups is 1. The minimum atomic E-state index is -4.14. The second-order valence-electron chi connectivity index (χ2n) is 9.32. The van der Waals surface area contributed by atoms with E-state index in [0.29, 0.717) is 16.9 Å². The topological polar surface area (TPSA) is 145 Å². The number of amides is 1. The van der Waals surface area contributed by atoms with E-state index in [1.54, 1.807) is 48.5 Å². The van der Waals surface area contributed by atoms with Crippen LogP contribution in [0.1, 0.15) is 33.1 Å². The van der Waals surface area contributed by atoms with Crippen molar-refractivity contribution in [2.75, 3.05) is 4.90 Å². The molecule has 1 aliphatic heterocycles. The number of aromatic nitrogens is 1. The van der Waals surface area contributed by atoms with Crippen molar-refractivity contribution in [2.24, 2.45) is 5.92 Å². The second-order valence-corrected chi connectivity index (χ2v) is 12.5. The molecule has 12 heteroatoms. The summed E-state index contributed by atoms with van der Waals surface area (Å²) in [5, 5.41) is 10.9. The molecule has 0 radical (unpaired) electrons. The molecule has 0 spiro atoms. The van der Waals surface area contributed by atoms with Crippen LogP contribution in [0.25, 0.3) is 0 Å². The van der Waals surface area contributed by atoms with Gasteiger partial charge in [0.1, 0.15) is 10.1 Å². The Bertz CT molecular complexity index is 1760. The van der Waals surface area contributed by atoms with E-state index < -0.39 is 44.2 Å². The maximum Gasteiger partial charge on any atom is 0.297 e. The molecule has 3 aromatic carbocycles. The number of sulfone groups is 1. The van der Waals surface area contributed by atoms with Crippen LogP contribution in [-0.4, -0.2) is 35.8 Å². The monoisotopic (exact) mass is 575 g/mol. The zero-order valence-corrected chi connectivity index (χ0v) is 22.8. The van der Waals surface area contributed by atoms with E-state index in [-0.39, 0.29) is 25.5 Å². The van der Waals surface area contributed by atoms with Gasteiger partial charge in [-0.2, -0.15) is 0 Å². The molecule has 0 N–H and O–H groups in total. The van der Waals surface area contributed by atoms with E-state index in [1.807, 2.05) is 13.8 Å². The van der Waals surface area contributed by atoms with Crippen molar-refractivity contribution in [3.63, 3.8) is 0 Å². The maximum atomic E-state index is 13.6. The van der Waals surface area contributed by atoms with Gasteiger partial charge in [-0.25, -0.2) is 13.4 Å². The summed E-state index contributed by atoms with van der Waals surface area (Å²) in [6, 6.07) is 17.0. The van der Waals surface area contributed by atoms with Gasteiger partial charge < -0.3 is 0 Å². The molecule has 1 saturated heterocycles. The third-order valence-electron chi connectivity index (χ3n) is 6.64. The minimum Gasteiger partial charge on any atom is -0.293 e. The smallest absolute Gasteiger partial charge is 0.293 e. The molecule has 1 amide bonds. The van der Waals surface area contributed by atoms with E-state index in [4.69, 9.17) is 0 Å². The Morgan fingerprint density at radius 2 is 1.50 bits per heavy atom. The van der Waals surface area contributed by atoms with E-state index in [9.17, 15) is 32.9 Å². The van der Waals surface area contributed by atoms with Crippen LogP contribution in [-0.2, 0) is 19.4 Å². The molecule has 2 unspecified atom stereocenters. The highest BCUT2D eigenvalue weighted by Gasteiger charge is 2.53. The van der Waals surface area contributed by atoms with Crippen molar-refractivity contribution in [1.82, 2.24) is 4.98 Å². The van der Waals surface area contributed by atoms with Crippen LogP contribution in [0, 0.1) is 29.9 Å². The van der Waals surface area contributed by atoms with Gasteiger partial charge in [0.05, 0.1) is 22.1 Å². The van der Waals surface area contributed by atoms with Crippen molar-refractivity contribution in [1.29, 1.82) is 0 Å². The summed E-state index contributed by atoms with van der Waals surface area (Å²) in [5.74, 6) is -3.77. The van der Waals surface area contributed by atoms with Gasteiger partial charge in [-0.1, -0.05) is 71.0 Å². The highest BCUT2D eigenvalue weighted by molar-refractivity contribution is 7.93. The van der Waals surface area contributed by atoms with E-state index >= 15 is 0 Å². The van der Waals surface area contributed by atoms with Gasteiger partial charge in [-0.15, -0.1) is 0 Å². The van der Waals surface area contributed by atoms with Gasteiger partial charge in [-0.3, -0.25) is 29.4 Å². The lowest BCUT2D eigenvalue weighted by Crippen LogP contribution is -2.30. The van der Waals surface area contributed by atoms with E-state index in [0.717, 1.165) is 46.5 Å². The summed E-state index contributed by atoms with van der Waals surface area (Å²) >= 11 is 0.670. The third-order valence-corrected chi connectivity index (χ3v) is 9.87. The van der Waals surface area contributed by atoms with Crippen LogP contribution in [0.5, 0.6) is 0 Å².